The van der Waals surface area contributed by atoms with Crippen molar-refractivity contribution in [3.8, 4) is 0 Å². The van der Waals surface area contributed by atoms with Crippen molar-refractivity contribution < 1.29 is 17.2 Å². The minimum absolute atomic E-state index is 0.202. The van der Waals surface area contributed by atoms with Gasteiger partial charge in [-0.2, -0.15) is 5.10 Å². The van der Waals surface area contributed by atoms with Crippen LogP contribution in [0.4, 0.5) is 8.78 Å². The van der Waals surface area contributed by atoms with Crippen LogP contribution in [-0.4, -0.2) is 24.1 Å². The average Bonchev–Trinajstić information content (AvgIpc) is 2.64. The molecule has 4 nitrogen and oxygen atoms in total. The van der Waals surface area contributed by atoms with Crippen LogP contribution in [0.2, 0.25) is 0 Å². The first-order valence-electron chi connectivity index (χ1n) is 5.18. The smallest absolute Gasteiger partial charge is 0.244 e. The molecule has 1 aliphatic carbocycles. The van der Waals surface area contributed by atoms with Crippen molar-refractivity contribution in [3.63, 3.8) is 0 Å². The van der Waals surface area contributed by atoms with Gasteiger partial charge in [-0.1, -0.05) is 6.42 Å². The molecule has 2 rings (SSSR count). The number of hydrogen-bond donors (Lipinski definition) is 0. The second-order valence-corrected chi connectivity index (χ2v) is 6.59. The third kappa shape index (κ3) is 2.44. The van der Waals surface area contributed by atoms with Gasteiger partial charge in [0.25, 0.3) is 15.0 Å². The molecule has 1 saturated carbocycles. The zero-order chi connectivity index (χ0) is 12.7. The van der Waals surface area contributed by atoms with E-state index in [2.05, 4.69) is 5.10 Å². The van der Waals surface area contributed by atoms with Gasteiger partial charge < -0.3 is 0 Å². The first-order chi connectivity index (χ1) is 7.82. The molecule has 0 saturated heterocycles. The maximum atomic E-state index is 13.7. The molecule has 1 aliphatic rings. The summed E-state index contributed by atoms with van der Waals surface area (Å²) in [6.07, 6.45) is 2.18. The van der Waals surface area contributed by atoms with Gasteiger partial charge in [-0.3, -0.25) is 0 Å². The van der Waals surface area contributed by atoms with Crippen LogP contribution in [0, 0.1) is 0 Å². The first kappa shape index (κ1) is 12.8. The summed E-state index contributed by atoms with van der Waals surface area (Å²) >= 11 is 0. The standard InChI is InChI=1S/C9H11ClF2N2O2S/c10-17(15,16)8-4-6-13-14(8)7-3-1-2-5-9(7,11)12/h4,6-7H,1-3,5H2. The molecule has 0 amide bonds. The molecule has 17 heavy (non-hydrogen) atoms. The van der Waals surface area contributed by atoms with Crippen LogP contribution in [-0.2, 0) is 9.05 Å². The Kier molecular flexibility index (Phi) is 3.15. The fourth-order valence-electron chi connectivity index (χ4n) is 2.11. The average molecular weight is 285 g/mol. The molecule has 1 aromatic heterocycles. The molecule has 0 aromatic carbocycles. The minimum atomic E-state index is -4.05. The maximum Gasteiger partial charge on any atom is 0.278 e. The number of nitrogens with zero attached hydrogens (tertiary/aromatic N) is 2. The highest BCUT2D eigenvalue weighted by molar-refractivity contribution is 8.13. The largest absolute Gasteiger partial charge is 0.278 e. The lowest BCUT2D eigenvalue weighted by Gasteiger charge is -2.31. The molecular weight excluding hydrogens is 274 g/mol. The Bertz CT molecular complexity index is 515. The lowest BCUT2D eigenvalue weighted by atomic mass is 9.92. The van der Waals surface area contributed by atoms with E-state index in [0.717, 1.165) is 10.7 Å². The van der Waals surface area contributed by atoms with E-state index in [9.17, 15) is 17.2 Å². The number of aromatic nitrogens is 2. The number of halogens is 3. The SMILES string of the molecule is O=S(=O)(Cl)c1ccnn1C1CCCCC1(F)F. The van der Waals surface area contributed by atoms with Crippen LogP contribution in [0.3, 0.4) is 0 Å². The van der Waals surface area contributed by atoms with E-state index in [1.165, 1.54) is 6.20 Å². The van der Waals surface area contributed by atoms with Gasteiger partial charge in [0.15, 0.2) is 5.03 Å². The van der Waals surface area contributed by atoms with Gasteiger partial charge in [-0.15, -0.1) is 0 Å². The van der Waals surface area contributed by atoms with Gasteiger partial charge in [0.1, 0.15) is 6.04 Å². The van der Waals surface area contributed by atoms with Gasteiger partial charge in [0.2, 0.25) is 0 Å². The van der Waals surface area contributed by atoms with Crippen molar-refractivity contribution in [2.45, 2.75) is 42.7 Å². The summed E-state index contributed by atoms with van der Waals surface area (Å²) in [5, 5.41) is 3.31. The van der Waals surface area contributed by atoms with Gasteiger partial charge in [-0.05, 0) is 18.9 Å². The normalized spacial score (nSPS) is 24.8. The Balaban J connectivity index is 2.44. The van der Waals surface area contributed by atoms with Crippen molar-refractivity contribution in [2.75, 3.05) is 0 Å². The summed E-state index contributed by atoms with van der Waals surface area (Å²) in [4.78, 5) is 0. The van der Waals surface area contributed by atoms with Crippen molar-refractivity contribution >= 4 is 19.7 Å². The quantitative estimate of drug-likeness (QED) is 0.784. The molecule has 0 spiro atoms. The van der Waals surface area contributed by atoms with Crippen LogP contribution in [0.1, 0.15) is 31.7 Å². The van der Waals surface area contributed by atoms with Crippen LogP contribution in [0.5, 0.6) is 0 Å². The molecule has 1 atom stereocenters. The van der Waals surface area contributed by atoms with E-state index >= 15 is 0 Å². The summed E-state index contributed by atoms with van der Waals surface area (Å²) in [6.45, 7) is 0. The molecule has 96 valence electrons. The third-order valence-electron chi connectivity index (χ3n) is 2.90. The molecular formula is C9H11ClF2N2O2S. The molecule has 8 heteroatoms. The highest BCUT2D eigenvalue weighted by Gasteiger charge is 2.44. The Morgan fingerprint density at radius 1 is 1.47 bits per heavy atom. The van der Waals surface area contributed by atoms with E-state index in [1.807, 2.05) is 0 Å². The lowest BCUT2D eigenvalue weighted by Crippen LogP contribution is -2.35. The van der Waals surface area contributed by atoms with Gasteiger partial charge >= 0.3 is 0 Å². The number of rotatable bonds is 2. The molecule has 1 heterocycles. The van der Waals surface area contributed by atoms with E-state index < -0.39 is 21.0 Å². The molecule has 0 N–H and O–H groups in total. The van der Waals surface area contributed by atoms with E-state index in [-0.39, 0.29) is 17.9 Å². The maximum absolute atomic E-state index is 13.7. The van der Waals surface area contributed by atoms with Crippen molar-refractivity contribution in [1.82, 2.24) is 9.78 Å². The number of alkyl halides is 2. The lowest BCUT2D eigenvalue weighted by molar-refractivity contribution is -0.0845. The summed E-state index contributed by atoms with van der Waals surface area (Å²) in [7, 11) is 1.13. The first-order valence-corrected chi connectivity index (χ1v) is 7.49. The van der Waals surface area contributed by atoms with Crippen LogP contribution in [0.15, 0.2) is 17.3 Å². The highest BCUT2D eigenvalue weighted by atomic mass is 35.7. The monoisotopic (exact) mass is 284 g/mol. The fourth-order valence-corrected chi connectivity index (χ4v) is 3.09. The Hall–Kier alpha value is -0.690. The topological polar surface area (TPSA) is 52.0 Å². The Labute approximate surface area is 102 Å². The van der Waals surface area contributed by atoms with E-state index in [0.29, 0.717) is 12.8 Å². The summed E-state index contributed by atoms with van der Waals surface area (Å²) in [5.41, 5.74) is 0. The second kappa shape index (κ2) is 4.20. The van der Waals surface area contributed by atoms with E-state index in [1.54, 1.807) is 0 Å². The Morgan fingerprint density at radius 2 is 2.18 bits per heavy atom. The molecule has 1 aromatic rings. The highest BCUT2D eigenvalue weighted by Crippen LogP contribution is 2.42. The Morgan fingerprint density at radius 3 is 2.76 bits per heavy atom. The van der Waals surface area contributed by atoms with Crippen LogP contribution in [0.25, 0.3) is 0 Å². The van der Waals surface area contributed by atoms with Gasteiger partial charge in [0.05, 0.1) is 6.20 Å². The third-order valence-corrected chi connectivity index (χ3v) is 4.20. The van der Waals surface area contributed by atoms with E-state index in [4.69, 9.17) is 10.7 Å². The van der Waals surface area contributed by atoms with Crippen molar-refractivity contribution in [3.05, 3.63) is 12.3 Å². The molecule has 1 unspecified atom stereocenters. The zero-order valence-corrected chi connectivity index (χ0v) is 10.4. The summed E-state index contributed by atoms with van der Waals surface area (Å²) in [6, 6.07) is -0.0951. The minimum Gasteiger partial charge on any atom is -0.244 e. The predicted octanol–water partition coefficient (Wildman–Crippen LogP) is 2.56. The van der Waals surface area contributed by atoms with Crippen molar-refractivity contribution in [1.29, 1.82) is 0 Å². The summed E-state index contributed by atoms with van der Waals surface area (Å²) < 4.78 is 50.7. The number of hydrogen-bond acceptors (Lipinski definition) is 3. The zero-order valence-electron chi connectivity index (χ0n) is 8.81. The van der Waals surface area contributed by atoms with Gasteiger partial charge in [0, 0.05) is 17.1 Å². The van der Waals surface area contributed by atoms with Crippen LogP contribution >= 0.6 is 10.7 Å². The van der Waals surface area contributed by atoms with Crippen LogP contribution < -0.4 is 0 Å². The summed E-state index contributed by atoms with van der Waals surface area (Å²) in [5.74, 6) is -2.94. The molecule has 0 bridgehead atoms. The van der Waals surface area contributed by atoms with Gasteiger partial charge in [-0.25, -0.2) is 21.9 Å². The molecule has 0 aliphatic heterocycles. The fraction of sp³-hybridized carbons (Fsp3) is 0.667. The second-order valence-electron chi connectivity index (χ2n) is 4.07. The predicted molar refractivity (Wildman–Crippen MR) is 57.7 cm³/mol. The van der Waals surface area contributed by atoms with Crippen molar-refractivity contribution in [2.24, 2.45) is 0 Å². The molecule has 1 fully saturated rings. The molecule has 0 radical (unpaired) electrons.